The number of hydrogen-bond acceptors (Lipinski definition) is 2. The number of furan rings is 1. The van der Waals surface area contributed by atoms with Crippen LogP contribution in [0.3, 0.4) is 0 Å². The van der Waals surface area contributed by atoms with Crippen LogP contribution in [0.5, 0.6) is 0 Å². The predicted molar refractivity (Wildman–Crippen MR) is 58.1 cm³/mol. The van der Waals surface area contributed by atoms with Gasteiger partial charge in [0.1, 0.15) is 5.76 Å². The van der Waals surface area contributed by atoms with E-state index in [0.717, 1.165) is 0 Å². The Morgan fingerprint density at radius 2 is 1.87 bits per heavy atom. The van der Waals surface area contributed by atoms with E-state index in [1.165, 1.54) is 0 Å². The molecular weight excluding hydrogens is 212 g/mol. The van der Waals surface area contributed by atoms with Crippen molar-refractivity contribution in [2.45, 2.75) is 5.88 Å². The summed E-state index contributed by atoms with van der Waals surface area (Å²) in [6.07, 6.45) is 0. The topological polar surface area (TPSA) is 30.2 Å². The quantitative estimate of drug-likeness (QED) is 0.587. The molecule has 0 unspecified atom stereocenters. The summed E-state index contributed by atoms with van der Waals surface area (Å²) >= 11 is 5.59. The molecule has 1 aromatic carbocycles. The van der Waals surface area contributed by atoms with Crippen LogP contribution in [0.1, 0.15) is 21.9 Å². The number of carbonyl (C=O) groups excluding carboxylic acids is 1. The van der Waals surface area contributed by atoms with Crippen LogP contribution in [-0.2, 0) is 5.88 Å². The van der Waals surface area contributed by atoms with Gasteiger partial charge < -0.3 is 4.42 Å². The SMILES string of the molecule is O=C(c1ccccc1)c1ccc(CCl)o1. The normalized spacial score (nSPS) is 10.2. The molecule has 15 heavy (non-hydrogen) atoms. The average molecular weight is 221 g/mol. The van der Waals surface area contributed by atoms with Gasteiger partial charge in [0.05, 0.1) is 5.88 Å². The molecule has 0 N–H and O–H groups in total. The number of halogens is 1. The minimum Gasteiger partial charge on any atom is -0.456 e. The standard InChI is InChI=1S/C12H9ClO2/c13-8-10-6-7-11(15-10)12(14)9-4-2-1-3-5-9/h1-7H,8H2. The fourth-order valence-corrected chi connectivity index (χ4v) is 1.45. The van der Waals surface area contributed by atoms with E-state index < -0.39 is 0 Å². The van der Waals surface area contributed by atoms with Gasteiger partial charge >= 0.3 is 0 Å². The summed E-state index contributed by atoms with van der Waals surface area (Å²) in [5, 5.41) is 0. The van der Waals surface area contributed by atoms with E-state index in [1.807, 2.05) is 18.2 Å². The third-order valence-electron chi connectivity index (χ3n) is 2.05. The van der Waals surface area contributed by atoms with E-state index in [9.17, 15) is 4.79 Å². The van der Waals surface area contributed by atoms with Crippen molar-refractivity contribution in [1.29, 1.82) is 0 Å². The zero-order valence-corrected chi connectivity index (χ0v) is 8.70. The fraction of sp³-hybridized carbons (Fsp3) is 0.0833. The Bertz CT molecular complexity index is 459. The van der Waals surface area contributed by atoms with E-state index >= 15 is 0 Å². The Morgan fingerprint density at radius 1 is 1.13 bits per heavy atom. The Hall–Kier alpha value is -1.54. The lowest BCUT2D eigenvalue weighted by Gasteiger charge is -1.96. The molecule has 2 aromatic rings. The first kappa shape index (κ1) is 9.99. The Kier molecular flexibility index (Phi) is 2.88. The zero-order chi connectivity index (χ0) is 10.7. The zero-order valence-electron chi connectivity index (χ0n) is 7.94. The maximum atomic E-state index is 11.8. The molecule has 0 fully saturated rings. The molecule has 2 nitrogen and oxygen atoms in total. The van der Waals surface area contributed by atoms with Crippen molar-refractivity contribution in [3.05, 3.63) is 59.5 Å². The van der Waals surface area contributed by atoms with Crippen LogP contribution in [0, 0.1) is 0 Å². The van der Waals surface area contributed by atoms with Crippen LogP contribution in [0.2, 0.25) is 0 Å². The molecule has 1 aromatic heterocycles. The Balaban J connectivity index is 2.29. The van der Waals surface area contributed by atoms with Gasteiger partial charge in [0.25, 0.3) is 0 Å². The third-order valence-corrected chi connectivity index (χ3v) is 2.32. The molecule has 0 amide bonds. The first-order valence-corrected chi connectivity index (χ1v) is 5.09. The minimum atomic E-state index is -0.119. The van der Waals surface area contributed by atoms with Crippen LogP contribution in [0.4, 0.5) is 0 Å². The summed E-state index contributed by atoms with van der Waals surface area (Å²) in [5.41, 5.74) is 0.618. The highest BCUT2D eigenvalue weighted by Crippen LogP contribution is 2.14. The van der Waals surface area contributed by atoms with Crippen molar-refractivity contribution in [3.8, 4) is 0 Å². The maximum absolute atomic E-state index is 11.8. The largest absolute Gasteiger partial charge is 0.456 e. The Labute approximate surface area is 92.5 Å². The lowest BCUT2D eigenvalue weighted by Crippen LogP contribution is -1.98. The molecule has 0 aliphatic carbocycles. The smallest absolute Gasteiger partial charge is 0.228 e. The van der Waals surface area contributed by atoms with Gasteiger partial charge in [0.2, 0.25) is 5.78 Å². The van der Waals surface area contributed by atoms with Crippen molar-refractivity contribution in [2.75, 3.05) is 0 Å². The van der Waals surface area contributed by atoms with E-state index in [0.29, 0.717) is 17.1 Å². The number of benzene rings is 1. The van der Waals surface area contributed by atoms with Crippen molar-refractivity contribution >= 4 is 17.4 Å². The minimum absolute atomic E-state index is 0.119. The second kappa shape index (κ2) is 4.32. The van der Waals surface area contributed by atoms with Gasteiger partial charge in [0, 0.05) is 5.56 Å². The van der Waals surface area contributed by atoms with Gasteiger partial charge in [-0.05, 0) is 12.1 Å². The summed E-state index contributed by atoms with van der Waals surface area (Å²) in [5.74, 6) is 1.10. The number of hydrogen-bond donors (Lipinski definition) is 0. The summed E-state index contributed by atoms with van der Waals surface area (Å²) in [6.45, 7) is 0. The van der Waals surface area contributed by atoms with Gasteiger partial charge in [0.15, 0.2) is 5.76 Å². The van der Waals surface area contributed by atoms with Crippen molar-refractivity contribution in [1.82, 2.24) is 0 Å². The van der Waals surface area contributed by atoms with Gasteiger partial charge in [-0.15, -0.1) is 11.6 Å². The van der Waals surface area contributed by atoms with Crippen molar-refractivity contribution < 1.29 is 9.21 Å². The van der Waals surface area contributed by atoms with Crippen molar-refractivity contribution in [3.63, 3.8) is 0 Å². The van der Waals surface area contributed by atoms with Crippen LogP contribution in [0.15, 0.2) is 46.9 Å². The lowest BCUT2D eigenvalue weighted by molar-refractivity contribution is 0.101. The summed E-state index contributed by atoms with van der Waals surface area (Å²) in [4.78, 5) is 11.8. The monoisotopic (exact) mass is 220 g/mol. The molecule has 0 spiro atoms. The predicted octanol–water partition coefficient (Wildman–Crippen LogP) is 3.25. The average Bonchev–Trinajstić information content (AvgIpc) is 2.78. The molecule has 0 atom stereocenters. The fourth-order valence-electron chi connectivity index (χ4n) is 1.30. The number of ketones is 1. The van der Waals surface area contributed by atoms with Gasteiger partial charge in [-0.1, -0.05) is 30.3 Å². The number of carbonyl (C=O) groups is 1. The molecule has 0 aliphatic rings. The van der Waals surface area contributed by atoms with Crippen LogP contribution in [0.25, 0.3) is 0 Å². The molecule has 76 valence electrons. The van der Waals surface area contributed by atoms with Gasteiger partial charge in [-0.2, -0.15) is 0 Å². The summed E-state index contributed by atoms with van der Waals surface area (Å²) in [6, 6.07) is 12.4. The van der Waals surface area contributed by atoms with Crippen LogP contribution >= 0.6 is 11.6 Å². The highest BCUT2D eigenvalue weighted by atomic mass is 35.5. The van der Waals surface area contributed by atoms with Crippen LogP contribution < -0.4 is 0 Å². The highest BCUT2D eigenvalue weighted by Gasteiger charge is 2.12. The highest BCUT2D eigenvalue weighted by molar-refractivity contribution is 6.16. The first-order valence-electron chi connectivity index (χ1n) is 4.55. The molecule has 2 rings (SSSR count). The Morgan fingerprint density at radius 3 is 2.47 bits per heavy atom. The first-order chi connectivity index (χ1) is 7.31. The van der Waals surface area contributed by atoms with Crippen LogP contribution in [-0.4, -0.2) is 5.78 Å². The summed E-state index contributed by atoms with van der Waals surface area (Å²) < 4.78 is 5.27. The molecular formula is C12H9ClO2. The van der Waals surface area contributed by atoms with E-state index in [-0.39, 0.29) is 11.7 Å². The molecule has 0 bridgehead atoms. The molecule has 0 radical (unpaired) electrons. The third kappa shape index (κ3) is 2.10. The van der Waals surface area contributed by atoms with Gasteiger partial charge in [-0.3, -0.25) is 4.79 Å². The maximum Gasteiger partial charge on any atom is 0.228 e. The molecule has 0 saturated carbocycles. The van der Waals surface area contributed by atoms with E-state index in [4.69, 9.17) is 16.0 Å². The number of rotatable bonds is 3. The number of alkyl halides is 1. The lowest BCUT2D eigenvalue weighted by atomic mass is 10.1. The second-order valence-electron chi connectivity index (χ2n) is 3.09. The molecule has 1 heterocycles. The molecule has 3 heteroatoms. The van der Waals surface area contributed by atoms with Crippen molar-refractivity contribution in [2.24, 2.45) is 0 Å². The second-order valence-corrected chi connectivity index (χ2v) is 3.36. The molecule has 0 aliphatic heterocycles. The van der Waals surface area contributed by atoms with E-state index in [2.05, 4.69) is 0 Å². The molecule has 0 saturated heterocycles. The van der Waals surface area contributed by atoms with E-state index in [1.54, 1.807) is 24.3 Å². The van der Waals surface area contributed by atoms with Gasteiger partial charge in [-0.25, -0.2) is 0 Å². The summed E-state index contributed by atoms with van der Waals surface area (Å²) in [7, 11) is 0.